The van der Waals surface area contributed by atoms with Crippen LogP contribution in [0.2, 0.25) is 0 Å². The summed E-state index contributed by atoms with van der Waals surface area (Å²) >= 11 is 0. The Kier molecular flexibility index (Phi) is 6.61. The molecule has 0 amide bonds. The molecule has 1 atom stereocenters. The Hall–Kier alpha value is -5.40. The molecule has 0 saturated heterocycles. The maximum absolute atomic E-state index is 4.09. The fraction of sp³-hybridized carbons (Fsp3) is 0.0909. The molecule has 1 aliphatic heterocycles. The summed E-state index contributed by atoms with van der Waals surface area (Å²) in [6.07, 6.45) is 14.0. The Labute approximate surface area is 266 Å². The zero-order valence-electron chi connectivity index (χ0n) is 25.6. The molecule has 3 aliphatic rings. The molecule has 2 aliphatic carbocycles. The fourth-order valence-electron chi connectivity index (χ4n) is 7.82. The maximum Gasteiger partial charge on any atom is 0.0727 e. The molecule has 1 heterocycles. The molecule has 0 radical (unpaired) electrons. The highest BCUT2D eigenvalue weighted by atomic mass is 14.8. The number of rotatable bonds is 6. The van der Waals surface area contributed by atoms with Crippen LogP contribution in [0, 0.1) is 0 Å². The summed E-state index contributed by atoms with van der Waals surface area (Å²) in [5, 5.41) is 3.51. The van der Waals surface area contributed by atoms with Crippen LogP contribution < -0.4 is 5.32 Å². The molecule has 0 spiro atoms. The number of allylic oxidation sites excluding steroid dienone is 7. The van der Waals surface area contributed by atoms with Crippen LogP contribution in [0.1, 0.15) is 34.7 Å². The van der Waals surface area contributed by atoms with Gasteiger partial charge in [-0.15, -0.1) is 0 Å². The normalized spacial score (nSPS) is 17.9. The number of dihydropyridines is 1. The van der Waals surface area contributed by atoms with E-state index in [4.69, 9.17) is 0 Å². The summed E-state index contributed by atoms with van der Waals surface area (Å²) < 4.78 is 0. The zero-order valence-corrected chi connectivity index (χ0v) is 25.6. The minimum absolute atomic E-state index is 0.411. The Bertz CT molecular complexity index is 2100. The van der Waals surface area contributed by atoms with Crippen molar-refractivity contribution in [1.82, 2.24) is 5.32 Å². The molecule has 0 fully saturated rings. The number of nitrogens with one attached hydrogen (secondary N) is 1. The average molecular weight is 578 g/mol. The van der Waals surface area contributed by atoms with E-state index in [-0.39, 0.29) is 0 Å². The third kappa shape index (κ3) is 4.15. The van der Waals surface area contributed by atoms with E-state index < -0.39 is 5.41 Å². The lowest BCUT2D eigenvalue weighted by atomic mass is 9.67. The van der Waals surface area contributed by atoms with Crippen molar-refractivity contribution in [1.29, 1.82) is 0 Å². The third-order valence-corrected chi connectivity index (χ3v) is 9.71. The lowest BCUT2D eigenvalue weighted by Crippen LogP contribution is -2.31. The van der Waals surface area contributed by atoms with Crippen molar-refractivity contribution in [3.63, 3.8) is 0 Å². The molecule has 1 heteroatoms. The smallest absolute Gasteiger partial charge is 0.0727 e. The largest absolute Gasteiger partial charge is 0.387 e. The van der Waals surface area contributed by atoms with Crippen LogP contribution in [0.3, 0.4) is 0 Å². The molecule has 216 valence electrons. The third-order valence-electron chi connectivity index (χ3n) is 9.71. The average Bonchev–Trinajstić information content (AvgIpc) is 3.62. The van der Waals surface area contributed by atoms with Gasteiger partial charge in [0.2, 0.25) is 0 Å². The van der Waals surface area contributed by atoms with Gasteiger partial charge in [0.15, 0.2) is 0 Å². The van der Waals surface area contributed by atoms with Crippen molar-refractivity contribution in [2.75, 3.05) is 6.54 Å². The van der Waals surface area contributed by atoms with E-state index in [1.54, 1.807) is 0 Å². The summed E-state index contributed by atoms with van der Waals surface area (Å²) in [7, 11) is 0. The van der Waals surface area contributed by atoms with Gasteiger partial charge < -0.3 is 5.32 Å². The topological polar surface area (TPSA) is 12.0 Å². The van der Waals surface area contributed by atoms with Crippen LogP contribution in [0.4, 0.5) is 0 Å². The van der Waals surface area contributed by atoms with Gasteiger partial charge >= 0.3 is 0 Å². The van der Waals surface area contributed by atoms with E-state index in [1.807, 2.05) is 6.08 Å². The van der Waals surface area contributed by atoms with Gasteiger partial charge in [-0.1, -0.05) is 146 Å². The monoisotopic (exact) mass is 577 g/mol. The predicted octanol–water partition coefficient (Wildman–Crippen LogP) is 10.5. The molecule has 1 nitrogen and oxygen atoms in total. The van der Waals surface area contributed by atoms with E-state index in [0.717, 1.165) is 13.0 Å². The predicted molar refractivity (Wildman–Crippen MR) is 190 cm³/mol. The quantitative estimate of drug-likeness (QED) is 0.212. The molecular weight excluding hydrogens is 542 g/mol. The molecule has 0 bridgehead atoms. The first-order chi connectivity index (χ1) is 22.2. The Morgan fingerprint density at radius 2 is 1.47 bits per heavy atom. The Morgan fingerprint density at radius 3 is 2.29 bits per heavy atom. The van der Waals surface area contributed by atoms with Crippen molar-refractivity contribution >= 4 is 5.57 Å². The van der Waals surface area contributed by atoms with Gasteiger partial charge in [0.1, 0.15) is 0 Å². The van der Waals surface area contributed by atoms with Crippen LogP contribution in [0.5, 0.6) is 0 Å². The molecular formula is C44H35N. The minimum atomic E-state index is -0.411. The van der Waals surface area contributed by atoms with Crippen molar-refractivity contribution in [3.05, 3.63) is 197 Å². The maximum atomic E-state index is 4.09. The van der Waals surface area contributed by atoms with Gasteiger partial charge in [-0.2, -0.15) is 0 Å². The summed E-state index contributed by atoms with van der Waals surface area (Å²) in [6.45, 7) is 7.01. The molecule has 0 saturated carbocycles. The van der Waals surface area contributed by atoms with Crippen LogP contribution >= 0.6 is 0 Å². The van der Waals surface area contributed by atoms with Gasteiger partial charge in [-0.3, -0.25) is 0 Å². The van der Waals surface area contributed by atoms with Crippen LogP contribution in [-0.2, 0) is 11.8 Å². The Balaban J connectivity index is 1.30. The highest BCUT2D eigenvalue weighted by Crippen LogP contribution is 2.58. The van der Waals surface area contributed by atoms with Gasteiger partial charge in [0, 0.05) is 12.7 Å². The van der Waals surface area contributed by atoms with Gasteiger partial charge in [-0.25, -0.2) is 0 Å². The first kappa shape index (κ1) is 27.2. The van der Waals surface area contributed by atoms with Gasteiger partial charge in [0.25, 0.3) is 0 Å². The number of fused-ring (bicyclic) bond motifs is 4. The van der Waals surface area contributed by atoms with E-state index >= 15 is 0 Å². The summed E-state index contributed by atoms with van der Waals surface area (Å²) in [6, 6.07) is 42.9. The molecule has 5 aromatic rings. The second-order valence-electron chi connectivity index (χ2n) is 12.1. The summed E-state index contributed by atoms with van der Waals surface area (Å²) in [5.74, 6) is 0. The fourth-order valence-corrected chi connectivity index (χ4v) is 7.82. The second-order valence-corrected chi connectivity index (χ2v) is 12.1. The molecule has 1 unspecified atom stereocenters. The number of benzene rings is 5. The lowest BCUT2D eigenvalue weighted by Gasteiger charge is -2.35. The zero-order chi connectivity index (χ0) is 30.4. The van der Waals surface area contributed by atoms with Crippen molar-refractivity contribution in [2.45, 2.75) is 18.8 Å². The number of hydrogen-bond acceptors (Lipinski definition) is 1. The van der Waals surface area contributed by atoms with E-state index in [2.05, 4.69) is 165 Å². The van der Waals surface area contributed by atoms with Crippen LogP contribution in [0.25, 0.3) is 39.0 Å². The number of hydrogen-bond donors (Lipinski definition) is 1. The van der Waals surface area contributed by atoms with Crippen molar-refractivity contribution in [3.8, 4) is 33.4 Å². The first-order valence-corrected chi connectivity index (χ1v) is 15.9. The van der Waals surface area contributed by atoms with E-state index in [9.17, 15) is 0 Å². The molecule has 0 aromatic heterocycles. The SMILES string of the molecule is C=CC1=C(/C=C\C)c2ccc(-c3cccc(-c4cccc5c4-c4ccccc4C5(C4=CNCC=C4)c4ccccc4)c3)cc2C1. The molecule has 8 rings (SSSR count). The highest BCUT2D eigenvalue weighted by Gasteiger charge is 2.47. The highest BCUT2D eigenvalue weighted by molar-refractivity contribution is 5.96. The Morgan fingerprint density at radius 1 is 0.711 bits per heavy atom. The van der Waals surface area contributed by atoms with E-state index in [1.165, 1.54) is 77.9 Å². The van der Waals surface area contributed by atoms with Crippen LogP contribution in [-0.4, -0.2) is 6.54 Å². The van der Waals surface area contributed by atoms with E-state index in [0.29, 0.717) is 0 Å². The standard InChI is InChI=1S/C44H35N/c1-3-13-37-30(4-2)26-34-28-32(23-24-38(34)37)31-14-10-15-33(27-31)39-20-11-22-42-43(39)40-19-8-9-21-41(40)44(42,35-16-6-5-7-17-35)36-18-12-25-45-29-36/h3-24,27-29,45H,2,25-26H2,1H3/b13-3-. The molecule has 1 N–H and O–H groups in total. The first-order valence-electron chi connectivity index (χ1n) is 15.9. The van der Waals surface area contributed by atoms with Gasteiger partial charge in [-0.05, 0) is 97.3 Å². The van der Waals surface area contributed by atoms with Crippen molar-refractivity contribution in [2.24, 2.45) is 0 Å². The van der Waals surface area contributed by atoms with Crippen molar-refractivity contribution < 1.29 is 0 Å². The van der Waals surface area contributed by atoms with Crippen LogP contribution in [0.15, 0.2) is 170 Å². The molecule has 5 aromatic carbocycles. The lowest BCUT2D eigenvalue weighted by molar-refractivity contribution is 0.745. The second kappa shape index (κ2) is 10.9. The minimum Gasteiger partial charge on any atom is -0.387 e. The summed E-state index contributed by atoms with van der Waals surface area (Å²) in [4.78, 5) is 0. The molecule has 45 heavy (non-hydrogen) atoms. The van der Waals surface area contributed by atoms with Gasteiger partial charge in [0.05, 0.1) is 5.41 Å². The summed E-state index contributed by atoms with van der Waals surface area (Å²) in [5.41, 5.74) is 17.7.